The highest BCUT2D eigenvalue weighted by atomic mass is 16.5. The summed E-state index contributed by atoms with van der Waals surface area (Å²) in [5.74, 6) is 0.479. The summed E-state index contributed by atoms with van der Waals surface area (Å²) in [6.45, 7) is 0. The molecule has 0 aliphatic rings. The van der Waals surface area contributed by atoms with Gasteiger partial charge in [0.25, 0.3) is 0 Å². The first kappa shape index (κ1) is 23.0. The van der Waals surface area contributed by atoms with Crippen LogP contribution in [0.15, 0.2) is 115 Å². The van der Waals surface area contributed by atoms with E-state index in [0.717, 1.165) is 22.4 Å². The summed E-state index contributed by atoms with van der Waals surface area (Å²) < 4.78 is 5.17. The van der Waals surface area contributed by atoms with Crippen molar-refractivity contribution in [3.63, 3.8) is 0 Å². The van der Waals surface area contributed by atoms with Crippen molar-refractivity contribution in [2.45, 2.75) is 12.0 Å². The van der Waals surface area contributed by atoms with E-state index in [9.17, 15) is 9.90 Å². The van der Waals surface area contributed by atoms with E-state index < -0.39 is 5.60 Å². The van der Waals surface area contributed by atoms with Crippen LogP contribution >= 0.6 is 0 Å². The Balaban J connectivity index is 1.64. The Hall–Kier alpha value is -4.15. The van der Waals surface area contributed by atoms with Crippen LogP contribution in [0, 0.1) is 0 Å². The van der Waals surface area contributed by atoms with E-state index in [4.69, 9.17) is 4.74 Å². The van der Waals surface area contributed by atoms with Gasteiger partial charge in [0.05, 0.1) is 7.11 Å². The molecule has 0 spiro atoms. The molecule has 4 rings (SSSR count). The lowest BCUT2D eigenvalue weighted by molar-refractivity contribution is -0.111. The number of benzene rings is 4. The molecule has 0 aliphatic heterocycles. The Kier molecular flexibility index (Phi) is 7.21. The minimum atomic E-state index is -1.33. The molecule has 0 saturated heterocycles. The molecule has 4 aromatic carbocycles. The van der Waals surface area contributed by atoms with E-state index in [1.807, 2.05) is 109 Å². The van der Waals surface area contributed by atoms with E-state index in [1.165, 1.54) is 6.08 Å². The lowest BCUT2D eigenvalue weighted by Gasteiger charge is -2.31. The summed E-state index contributed by atoms with van der Waals surface area (Å²) in [5.41, 5.74) is 2.51. The number of anilines is 1. The minimum Gasteiger partial charge on any atom is -0.497 e. The Bertz CT molecular complexity index is 1250. The van der Waals surface area contributed by atoms with Gasteiger partial charge in [0.15, 0.2) is 0 Å². The van der Waals surface area contributed by atoms with E-state index in [0.29, 0.717) is 17.7 Å². The first-order valence-corrected chi connectivity index (χ1v) is 11.1. The molecule has 1 unspecified atom stereocenters. The van der Waals surface area contributed by atoms with Gasteiger partial charge in [-0.1, -0.05) is 91.0 Å². The molecule has 0 saturated carbocycles. The maximum atomic E-state index is 12.8. The molecule has 170 valence electrons. The van der Waals surface area contributed by atoms with Crippen LogP contribution in [0.2, 0.25) is 0 Å². The molecular formula is C30H27NO3. The molecule has 2 N–H and O–H groups in total. The second kappa shape index (κ2) is 10.6. The maximum absolute atomic E-state index is 12.8. The second-order valence-corrected chi connectivity index (χ2v) is 8.03. The smallest absolute Gasteiger partial charge is 0.248 e. The molecule has 0 radical (unpaired) electrons. The quantitative estimate of drug-likeness (QED) is 0.333. The molecule has 1 amide bonds. The lowest BCUT2D eigenvalue weighted by atomic mass is 9.80. The molecule has 0 heterocycles. The third-order valence-corrected chi connectivity index (χ3v) is 5.73. The number of rotatable bonds is 8. The third kappa shape index (κ3) is 5.42. The van der Waals surface area contributed by atoms with Crippen molar-refractivity contribution < 1.29 is 14.6 Å². The molecule has 0 bridgehead atoms. The van der Waals surface area contributed by atoms with Crippen molar-refractivity contribution in [3.8, 4) is 5.75 Å². The maximum Gasteiger partial charge on any atom is 0.248 e. The highest BCUT2D eigenvalue weighted by Crippen LogP contribution is 2.37. The molecule has 1 atom stereocenters. The van der Waals surface area contributed by atoms with E-state index in [-0.39, 0.29) is 5.91 Å². The molecule has 4 heteroatoms. The number of nitrogens with one attached hydrogen (secondary N) is 1. The number of hydrogen-bond donors (Lipinski definition) is 2. The Labute approximate surface area is 200 Å². The van der Waals surface area contributed by atoms with Gasteiger partial charge in [0, 0.05) is 23.7 Å². The SMILES string of the molecule is COc1ccc(/C=C\C(=O)Nc2ccccc2C(O)(Cc2ccccc2)c2ccccc2)cc1. The number of methoxy groups -OCH3 is 1. The van der Waals surface area contributed by atoms with Gasteiger partial charge in [0.1, 0.15) is 11.4 Å². The van der Waals surface area contributed by atoms with Crippen LogP contribution < -0.4 is 10.1 Å². The van der Waals surface area contributed by atoms with Gasteiger partial charge in [-0.3, -0.25) is 4.79 Å². The molecule has 34 heavy (non-hydrogen) atoms. The van der Waals surface area contributed by atoms with Crippen molar-refractivity contribution in [3.05, 3.63) is 138 Å². The summed E-state index contributed by atoms with van der Waals surface area (Å²) in [5, 5.41) is 15.0. The first-order chi connectivity index (χ1) is 16.6. The van der Waals surface area contributed by atoms with Gasteiger partial charge < -0.3 is 15.2 Å². The summed E-state index contributed by atoms with van der Waals surface area (Å²) in [7, 11) is 1.62. The monoisotopic (exact) mass is 449 g/mol. The predicted molar refractivity (Wildman–Crippen MR) is 137 cm³/mol. The highest BCUT2D eigenvalue weighted by molar-refractivity contribution is 6.02. The molecule has 0 aliphatic carbocycles. The third-order valence-electron chi connectivity index (χ3n) is 5.73. The fourth-order valence-electron chi connectivity index (χ4n) is 3.97. The number of carbonyl (C=O) groups is 1. The van der Waals surface area contributed by atoms with Crippen LogP contribution in [-0.4, -0.2) is 18.1 Å². The van der Waals surface area contributed by atoms with E-state index in [2.05, 4.69) is 5.32 Å². The van der Waals surface area contributed by atoms with Crippen molar-refractivity contribution >= 4 is 17.7 Å². The van der Waals surface area contributed by atoms with E-state index in [1.54, 1.807) is 13.2 Å². The van der Waals surface area contributed by atoms with Crippen LogP contribution in [-0.2, 0) is 16.8 Å². The second-order valence-electron chi connectivity index (χ2n) is 8.03. The van der Waals surface area contributed by atoms with Gasteiger partial charge in [-0.25, -0.2) is 0 Å². The number of carbonyl (C=O) groups excluding carboxylic acids is 1. The van der Waals surface area contributed by atoms with Crippen molar-refractivity contribution in [2.24, 2.45) is 0 Å². The number of hydrogen-bond acceptors (Lipinski definition) is 3. The zero-order valence-electron chi connectivity index (χ0n) is 19.0. The summed E-state index contributed by atoms with van der Waals surface area (Å²) in [4.78, 5) is 12.8. The van der Waals surface area contributed by atoms with Gasteiger partial charge in [0.2, 0.25) is 5.91 Å². The minimum absolute atomic E-state index is 0.279. The fourth-order valence-corrected chi connectivity index (χ4v) is 3.97. The van der Waals surface area contributed by atoms with Gasteiger partial charge in [-0.2, -0.15) is 0 Å². The van der Waals surface area contributed by atoms with Crippen molar-refractivity contribution in [1.82, 2.24) is 0 Å². The fraction of sp³-hybridized carbons (Fsp3) is 0.100. The van der Waals surface area contributed by atoms with Gasteiger partial charge in [-0.05, 0) is 41.0 Å². The van der Waals surface area contributed by atoms with Crippen molar-refractivity contribution in [2.75, 3.05) is 12.4 Å². The van der Waals surface area contributed by atoms with Gasteiger partial charge in [-0.15, -0.1) is 0 Å². The van der Waals surface area contributed by atoms with Crippen LogP contribution in [0.1, 0.15) is 22.3 Å². The first-order valence-electron chi connectivity index (χ1n) is 11.1. The average Bonchev–Trinajstić information content (AvgIpc) is 2.89. The summed E-state index contributed by atoms with van der Waals surface area (Å²) in [6, 6.07) is 34.2. The van der Waals surface area contributed by atoms with Crippen LogP contribution in [0.4, 0.5) is 5.69 Å². The van der Waals surface area contributed by atoms with Crippen LogP contribution in [0.3, 0.4) is 0 Å². The number of amides is 1. The van der Waals surface area contributed by atoms with E-state index >= 15 is 0 Å². The standard InChI is InChI=1S/C30H27NO3/c1-34-26-19-16-23(17-20-26)18-21-29(32)31-28-15-9-8-14-27(28)30(33,25-12-6-3-7-13-25)22-24-10-4-2-5-11-24/h2-21,33H,22H2,1H3,(H,31,32)/b21-18-. The Morgan fingerprint density at radius 1 is 0.853 bits per heavy atom. The van der Waals surface area contributed by atoms with Crippen molar-refractivity contribution in [1.29, 1.82) is 0 Å². The Morgan fingerprint density at radius 3 is 2.15 bits per heavy atom. The predicted octanol–water partition coefficient (Wildman–Crippen LogP) is 5.83. The molecule has 0 aromatic heterocycles. The Morgan fingerprint density at radius 2 is 1.47 bits per heavy atom. The molecule has 0 fully saturated rings. The number of ether oxygens (including phenoxy) is 1. The summed E-state index contributed by atoms with van der Waals surface area (Å²) in [6.07, 6.45) is 3.59. The zero-order chi connectivity index (χ0) is 23.8. The molecule has 4 nitrogen and oxygen atoms in total. The molecular weight excluding hydrogens is 422 g/mol. The molecule has 4 aromatic rings. The van der Waals surface area contributed by atoms with Crippen LogP contribution in [0.25, 0.3) is 6.08 Å². The average molecular weight is 450 g/mol. The largest absolute Gasteiger partial charge is 0.497 e. The van der Waals surface area contributed by atoms with Crippen LogP contribution in [0.5, 0.6) is 5.75 Å². The zero-order valence-corrected chi connectivity index (χ0v) is 19.0. The highest BCUT2D eigenvalue weighted by Gasteiger charge is 2.34. The lowest BCUT2D eigenvalue weighted by Crippen LogP contribution is -2.31. The topological polar surface area (TPSA) is 58.6 Å². The van der Waals surface area contributed by atoms with Gasteiger partial charge >= 0.3 is 0 Å². The number of para-hydroxylation sites is 1. The summed E-state index contributed by atoms with van der Waals surface area (Å²) >= 11 is 0. The number of aliphatic hydroxyl groups is 1. The normalized spacial score (nSPS) is 12.8.